The number of ether oxygens (including phenoxy) is 2. The predicted molar refractivity (Wildman–Crippen MR) is 109 cm³/mol. The molecule has 1 aromatic carbocycles. The minimum absolute atomic E-state index is 0.514. The third-order valence-electron chi connectivity index (χ3n) is 4.97. The van der Waals surface area contributed by atoms with Gasteiger partial charge in [0.1, 0.15) is 17.5 Å². The first kappa shape index (κ1) is 19.3. The number of aromatic nitrogens is 2. The molecule has 1 aliphatic carbocycles. The lowest BCUT2D eigenvalue weighted by atomic mass is 10.1. The average Bonchev–Trinajstić information content (AvgIpc) is 2.94. The number of rotatable bonds is 7. The Labute approximate surface area is 161 Å². The molecule has 1 aromatic heterocycles. The Hall–Kier alpha value is -2.50. The molecule has 1 aliphatic rings. The molecule has 0 unspecified atom stereocenters. The highest BCUT2D eigenvalue weighted by atomic mass is 16.5. The van der Waals surface area contributed by atoms with Gasteiger partial charge in [0.05, 0.1) is 14.2 Å². The van der Waals surface area contributed by atoms with Crippen LogP contribution in [0.2, 0.25) is 0 Å². The van der Waals surface area contributed by atoms with Crippen molar-refractivity contribution in [3.05, 3.63) is 35.7 Å². The number of methoxy groups -OCH3 is 2. The summed E-state index contributed by atoms with van der Waals surface area (Å²) in [5.41, 5.74) is 1.10. The molecule has 3 rings (SSSR count). The molecule has 0 saturated heterocycles. The number of hydrogen-bond donors (Lipinski definition) is 2. The Balaban J connectivity index is 1.65. The van der Waals surface area contributed by atoms with E-state index in [1.165, 1.54) is 38.5 Å². The van der Waals surface area contributed by atoms with Gasteiger partial charge in [0.15, 0.2) is 11.5 Å². The van der Waals surface area contributed by atoms with Crippen LogP contribution >= 0.6 is 0 Å². The second kappa shape index (κ2) is 9.44. The van der Waals surface area contributed by atoms with E-state index in [4.69, 9.17) is 9.47 Å². The van der Waals surface area contributed by atoms with E-state index in [9.17, 15) is 0 Å². The molecule has 27 heavy (non-hydrogen) atoms. The molecule has 0 spiro atoms. The summed E-state index contributed by atoms with van der Waals surface area (Å²) in [5, 5.41) is 7.00. The molecule has 1 saturated carbocycles. The van der Waals surface area contributed by atoms with Crippen molar-refractivity contribution in [1.82, 2.24) is 9.97 Å². The van der Waals surface area contributed by atoms with Crippen molar-refractivity contribution in [3.8, 4) is 11.5 Å². The van der Waals surface area contributed by atoms with Crippen molar-refractivity contribution < 1.29 is 9.47 Å². The average molecular weight is 370 g/mol. The van der Waals surface area contributed by atoms with Crippen molar-refractivity contribution in [1.29, 1.82) is 0 Å². The second-order valence-electron chi connectivity index (χ2n) is 7.06. The van der Waals surface area contributed by atoms with Gasteiger partial charge in [-0.3, -0.25) is 0 Å². The highest BCUT2D eigenvalue weighted by Crippen LogP contribution is 2.28. The van der Waals surface area contributed by atoms with Gasteiger partial charge in [0.2, 0.25) is 0 Å². The summed E-state index contributed by atoms with van der Waals surface area (Å²) in [6.07, 6.45) is 7.73. The standard InChI is InChI=1S/C21H30N4O2/c1-15-23-20(13-21(24-15)25-17-8-6-4-5-7-9-17)22-14-16-10-11-18(26-2)19(12-16)27-3/h10-13,17H,4-9,14H2,1-3H3,(H2,22,23,24,25). The van der Waals surface area contributed by atoms with E-state index < -0.39 is 0 Å². The fraction of sp³-hybridized carbons (Fsp3) is 0.524. The number of benzene rings is 1. The number of aryl methyl sites for hydroxylation is 1. The van der Waals surface area contributed by atoms with Crippen LogP contribution in [0.15, 0.2) is 24.3 Å². The largest absolute Gasteiger partial charge is 0.493 e. The van der Waals surface area contributed by atoms with Gasteiger partial charge in [-0.05, 0) is 37.5 Å². The zero-order valence-corrected chi connectivity index (χ0v) is 16.5. The van der Waals surface area contributed by atoms with Crippen LogP contribution in [0.25, 0.3) is 0 Å². The molecule has 2 aromatic rings. The zero-order chi connectivity index (χ0) is 19.1. The lowest BCUT2D eigenvalue weighted by Gasteiger charge is -2.18. The molecule has 0 atom stereocenters. The van der Waals surface area contributed by atoms with Crippen molar-refractivity contribution in [3.63, 3.8) is 0 Å². The first-order valence-corrected chi connectivity index (χ1v) is 9.75. The molecule has 0 amide bonds. The highest BCUT2D eigenvalue weighted by Gasteiger charge is 2.13. The smallest absolute Gasteiger partial charge is 0.161 e. The van der Waals surface area contributed by atoms with Gasteiger partial charge >= 0.3 is 0 Å². The summed E-state index contributed by atoms with van der Waals surface area (Å²) in [6.45, 7) is 2.58. The minimum atomic E-state index is 0.514. The maximum atomic E-state index is 5.37. The summed E-state index contributed by atoms with van der Waals surface area (Å²) in [6, 6.07) is 8.43. The molecule has 0 radical (unpaired) electrons. The van der Waals surface area contributed by atoms with Crippen molar-refractivity contribution >= 4 is 11.6 Å². The van der Waals surface area contributed by atoms with Gasteiger partial charge in [-0.1, -0.05) is 31.7 Å². The number of nitrogens with one attached hydrogen (secondary N) is 2. The normalized spacial score (nSPS) is 15.1. The lowest BCUT2D eigenvalue weighted by Crippen LogP contribution is -2.19. The van der Waals surface area contributed by atoms with Gasteiger partial charge in [0, 0.05) is 18.7 Å². The van der Waals surface area contributed by atoms with Crippen LogP contribution in [0, 0.1) is 6.92 Å². The Bertz CT molecular complexity index is 743. The van der Waals surface area contributed by atoms with Gasteiger partial charge in [-0.2, -0.15) is 0 Å². The third-order valence-corrected chi connectivity index (χ3v) is 4.97. The topological polar surface area (TPSA) is 68.3 Å². The fourth-order valence-electron chi connectivity index (χ4n) is 3.55. The quantitative estimate of drug-likeness (QED) is 0.697. The fourth-order valence-corrected chi connectivity index (χ4v) is 3.55. The number of hydrogen-bond acceptors (Lipinski definition) is 6. The van der Waals surface area contributed by atoms with Crippen molar-refractivity contribution in [2.45, 2.75) is 58.0 Å². The summed E-state index contributed by atoms with van der Waals surface area (Å²) < 4.78 is 10.7. The van der Waals surface area contributed by atoms with Crippen LogP contribution in [0.1, 0.15) is 49.9 Å². The Morgan fingerprint density at radius 1 is 0.926 bits per heavy atom. The molecule has 0 aliphatic heterocycles. The lowest BCUT2D eigenvalue weighted by molar-refractivity contribution is 0.354. The maximum Gasteiger partial charge on any atom is 0.161 e. The first-order chi connectivity index (χ1) is 13.2. The summed E-state index contributed by atoms with van der Waals surface area (Å²) in [7, 11) is 3.29. The van der Waals surface area contributed by atoms with Crippen molar-refractivity contribution in [2.75, 3.05) is 24.9 Å². The Morgan fingerprint density at radius 3 is 2.33 bits per heavy atom. The minimum Gasteiger partial charge on any atom is -0.493 e. The van der Waals surface area contributed by atoms with E-state index in [1.54, 1.807) is 14.2 Å². The van der Waals surface area contributed by atoms with Crippen LogP contribution in [0.4, 0.5) is 11.6 Å². The monoisotopic (exact) mass is 370 g/mol. The number of anilines is 2. The molecular formula is C21H30N4O2. The van der Waals surface area contributed by atoms with Crippen LogP contribution in [-0.4, -0.2) is 30.2 Å². The summed E-state index contributed by atoms with van der Waals surface area (Å²) in [4.78, 5) is 9.08. The zero-order valence-electron chi connectivity index (χ0n) is 16.5. The first-order valence-electron chi connectivity index (χ1n) is 9.75. The third kappa shape index (κ3) is 5.49. The molecule has 1 fully saturated rings. The molecule has 2 N–H and O–H groups in total. The van der Waals surface area contributed by atoms with Crippen LogP contribution in [0.5, 0.6) is 11.5 Å². The van der Waals surface area contributed by atoms with Crippen molar-refractivity contribution in [2.24, 2.45) is 0 Å². The number of nitrogens with zero attached hydrogens (tertiary/aromatic N) is 2. The van der Waals surface area contributed by atoms with Gasteiger partial charge in [-0.15, -0.1) is 0 Å². The van der Waals surface area contributed by atoms with Crippen LogP contribution in [-0.2, 0) is 6.54 Å². The predicted octanol–water partition coefficient (Wildman–Crippen LogP) is 4.55. The maximum absolute atomic E-state index is 5.37. The highest BCUT2D eigenvalue weighted by molar-refractivity contribution is 5.49. The van der Waals surface area contributed by atoms with E-state index in [1.807, 2.05) is 31.2 Å². The molecular weight excluding hydrogens is 340 g/mol. The SMILES string of the molecule is COc1ccc(CNc2cc(NC3CCCCCC3)nc(C)n2)cc1OC. The van der Waals surface area contributed by atoms with E-state index >= 15 is 0 Å². The van der Waals surface area contributed by atoms with Crippen LogP contribution < -0.4 is 20.1 Å². The summed E-state index contributed by atoms with van der Waals surface area (Å²) >= 11 is 0. The molecule has 1 heterocycles. The van der Waals surface area contributed by atoms with E-state index in [-0.39, 0.29) is 0 Å². The van der Waals surface area contributed by atoms with Gasteiger partial charge in [0.25, 0.3) is 0 Å². The molecule has 6 nitrogen and oxygen atoms in total. The Morgan fingerprint density at radius 2 is 1.63 bits per heavy atom. The van der Waals surface area contributed by atoms with E-state index in [0.717, 1.165) is 34.5 Å². The Kier molecular flexibility index (Phi) is 6.74. The van der Waals surface area contributed by atoms with E-state index in [2.05, 4.69) is 20.6 Å². The molecule has 0 bridgehead atoms. The second-order valence-corrected chi connectivity index (χ2v) is 7.06. The summed E-state index contributed by atoms with van der Waals surface area (Å²) in [5.74, 6) is 3.96. The van der Waals surface area contributed by atoms with Gasteiger partial charge in [-0.25, -0.2) is 9.97 Å². The molecule has 146 valence electrons. The van der Waals surface area contributed by atoms with Crippen LogP contribution in [0.3, 0.4) is 0 Å². The van der Waals surface area contributed by atoms with E-state index in [0.29, 0.717) is 12.6 Å². The van der Waals surface area contributed by atoms with Gasteiger partial charge < -0.3 is 20.1 Å². The molecule has 6 heteroatoms.